The minimum absolute atomic E-state index is 0.102. The van der Waals surface area contributed by atoms with E-state index in [-0.39, 0.29) is 18.0 Å². The highest BCUT2D eigenvalue weighted by atomic mass is 32.2. The number of isocyanates is 1. The quantitative estimate of drug-likeness (QED) is 0.160. The van der Waals surface area contributed by atoms with Gasteiger partial charge in [0, 0.05) is 22.3 Å². The van der Waals surface area contributed by atoms with Gasteiger partial charge in [0.2, 0.25) is 11.9 Å². The van der Waals surface area contributed by atoms with Crippen LogP contribution in [-0.2, 0) is 14.4 Å². The summed E-state index contributed by atoms with van der Waals surface area (Å²) >= 11 is 1.53. The van der Waals surface area contributed by atoms with Crippen molar-refractivity contribution in [3.8, 4) is 5.75 Å². The minimum Gasteiger partial charge on any atom is -0.492 e. The van der Waals surface area contributed by atoms with Gasteiger partial charge < -0.3 is 9.57 Å². The third-order valence-electron chi connectivity index (χ3n) is 3.35. The van der Waals surface area contributed by atoms with E-state index in [0.717, 1.165) is 9.79 Å². The summed E-state index contributed by atoms with van der Waals surface area (Å²) in [7, 11) is 0. The molecule has 2 aromatic carbocycles. The summed E-state index contributed by atoms with van der Waals surface area (Å²) < 4.78 is 5.45. The number of carbonyl (C=O) groups excluding carboxylic acids is 3. The Morgan fingerprint density at radius 3 is 2.18 bits per heavy atom. The van der Waals surface area contributed by atoms with E-state index < -0.39 is 5.97 Å². The van der Waals surface area contributed by atoms with E-state index in [0.29, 0.717) is 17.9 Å². The van der Waals surface area contributed by atoms with Crippen LogP contribution in [0, 0.1) is 0 Å². The predicted molar refractivity (Wildman–Crippen MR) is 105 cm³/mol. The van der Waals surface area contributed by atoms with Crippen LogP contribution >= 0.6 is 11.8 Å². The summed E-state index contributed by atoms with van der Waals surface area (Å²) in [4.78, 5) is 42.8. The molecule has 0 saturated heterocycles. The van der Waals surface area contributed by atoms with Gasteiger partial charge in [-0.05, 0) is 55.5 Å². The summed E-state index contributed by atoms with van der Waals surface area (Å²) in [5, 5.41) is 3.51. The van der Waals surface area contributed by atoms with Crippen LogP contribution in [0.5, 0.6) is 5.75 Å². The fourth-order valence-electron chi connectivity index (χ4n) is 2.05. The number of Topliss-reactive ketones (excluding diaryl/α,β-unsaturated/α-hetero) is 1. The molecule has 7 nitrogen and oxygen atoms in total. The SMILES string of the molecule is CC(=O)O/N=C(\C)C(=O)c1ccc(Sc2ccc(OCCN=C=O)cc2)cc1. The zero-order valence-electron chi connectivity index (χ0n) is 15.4. The smallest absolute Gasteiger partial charge is 0.331 e. The Hall–Kier alpha value is -3.22. The van der Waals surface area contributed by atoms with Crippen molar-refractivity contribution < 1.29 is 24.0 Å². The lowest BCUT2D eigenvalue weighted by Gasteiger charge is -2.06. The number of carbonyl (C=O) groups is 2. The number of benzene rings is 2. The Balaban J connectivity index is 1.94. The van der Waals surface area contributed by atoms with E-state index in [1.54, 1.807) is 12.1 Å². The Kier molecular flexibility index (Phi) is 8.14. The summed E-state index contributed by atoms with van der Waals surface area (Å²) in [6.07, 6.45) is 1.46. The molecule has 0 unspecified atom stereocenters. The maximum absolute atomic E-state index is 12.2. The molecule has 0 spiro atoms. The summed E-state index contributed by atoms with van der Waals surface area (Å²) in [6.45, 7) is 3.30. The van der Waals surface area contributed by atoms with Crippen molar-refractivity contribution in [2.45, 2.75) is 23.6 Å². The molecule has 0 aliphatic rings. The molecular weight excluding hydrogens is 380 g/mol. The van der Waals surface area contributed by atoms with E-state index >= 15 is 0 Å². The van der Waals surface area contributed by atoms with Gasteiger partial charge in [-0.1, -0.05) is 16.9 Å². The first kappa shape index (κ1) is 21.1. The van der Waals surface area contributed by atoms with Crippen molar-refractivity contribution in [3.05, 3.63) is 54.1 Å². The van der Waals surface area contributed by atoms with Crippen LogP contribution in [0.3, 0.4) is 0 Å². The second kappa shape index (κ2) is 10.8. The van der Waals surface area contributed by atoms with Crippen molar-refractivity contribution in [2.24, 2.45) is 10.1 Å². The molecule has 0 atom stereocenters. The number of oxime groups is 1. The Labute approximate surface area is 166 Å². The average Bonchev–Trinajstić information content (AvgIpc) is 2.70. The fraction of sp³-hybridized carbons (Fsp3) is 0.200. The Bertz CT molecular complexity index is 901. The molecule has 28 heavy (non-hydrogen) atoms. The van der Waals surface area contributed by atoms with Crippen LogP contribution in [-0.4, -0.2) is 36.7 Å². The number of rotatable bonds is 9. The van der Waals surface area contributed by atoms with Gasteiger partial charge in [0.1, 0.15) is 18.1 Å². The van der Waals surface area contributed by atoms with E-state index in [9.17, 15) is 14.4 Å². The van der Waals surface area contributed by atoms with Gasteiger partial charge in [-0.15, -0.1) is 0 Å². The maximum Gasteiger partial charge on any atom is 0.331 e. The fourth-order valence-corrected chi connectivity index (χ4v) is 2.87. The maximum atomic E-state index is 12.2. The van der Waals surface area contributed by atoms with Crippen LogP contribution < -0.4 is 4.74 Å². The molecule has 0 saturated carbocycles. The number of nitrogens with zero attached hydrogens (tertiary/aromatic N) is 2. The lowest BCUT2D eigenvalue weighted by atomic mass is 10.1. The van der Waals surface area contributed by atoms with Gasteiger partial charge >= 0.3 is 5.97 Å². The molecule has 8 heteroatoms. The zero-order chi connectivity index (χ0) is 20.4. The third-order valence-corrected chi connectivity index (χ3v) is 4.37. The van der Waals surface area contributed by atoms with Crippen LogP contribution in [0.25, 0.3) is 0 Å². The molecule has 0 aromatic heterocycles. The van der Waals surface area contributed by atoms with Crippen molar-refractivity contribution in [3.63, 3.8) is 0 Å². The second-order valence-electron chi connectivity index (χ2n) is 5.51. The zero-order valence-corrected chi connectivity index (χ0v) is 16.2. The monoisotopic (exact) mass is 398 g/mol. The summed E-state index contributed by atoms with van der Waals surface area (Å²) in [6, 6.07) is 14.6. The van der Waals surface area contributed by atoms with Crippen LogP contribution in [0.1, 0.15) is 24.2 Å². The molecule has 0 aliphatic carbocycles. The van der Waals surface area contributed by atoms with E-state index in [4.69, 9.17) is 4.74 Å². The van der Waals surface area contributed by atoms with Gasteiger partial charge in [-0.3, -0.25) is 4.79 Å². The van der Waals surface area contributed by atoms with Crippen LogP contribution in [0.15, 0.2) is 68.5 Å². The first-order valence-electron chi connectivity index (χ1n) is 8.31. The van der Waals surface area contributed by atoms with Crippen molar-refractivity contribution >= 4 is 35.3 Å². The lowest BCUT2D eigenvalue weighted by Crippen LogP contribution is -2.11. The number of aliphatic imine (C=N–C) groups is 1. The number of ether oxygens (including phenoxy) is 1. The van der Waals surface area contributed by atoms with Crippen LogP contribution in [0.2, 0.25) is 0 Å². The summed E-state index contributed by atoms with van der Waals surface area (Å²) in [5.74, 6) is -0.197. The van der Waals surface area contributed by atoms with E-state index in [2.05, 4.69) is 15.0 Å². The molecule has 2 rings (SSSR count). The normalized spacial score (nSPS) is 10.7. The molecule has 0 amide bonds. The van der Waals surface area contributed by atoms with Gasteiger partial charge in [0.15, 0.2) is 0 Å². The number of ketones is 1. The molecule has 144 valence electrons. The molecular formula is C20H18N2O5S. The van der Waals surface area contributed by atoms with Crippen molar-refractivity contribution in [1.82, 2.24) is 0 Å². The molecule has 0 N–H and O–H groups in total. The topological polar surface area (TPSA) is 94.4 Å². The first-order valence-corrected chi connectivity index (χ1v) is 9.12. The molecule has 0 bridgehead atoms. The van der Waals surface area contributed by atoms with Gasteiger partial charge in [-0.25, -0.2) is 14.6 Å². The van der Waals surface area contributed by atoms with Crippen LogP contribution in [0.4, 0.5) is 0 Å². The van der Waals surface area contributed by atoms with Gasteiger partial charge in [-0.2, -0.15) is 0 Å². The minimum atomic E-state index is -0.579. The molecule has 2 aromatic rings. The standard InChI is InChI=1S/C20H18N2O5S/c1-14(22-27-15(2)24)20(25)16-3-7-18(8-4-16)28-19-9-5-17(6-10-19)26-12-11-21-13-23/h3-10H,11-12H2,1-2H3/b22-14+. The molecule has 0 radical (unpaired) electrons. The van der Waals surface area contributed by atoms with Crippen molar-refractivity contribution in [2.75, 3.05) is 13.2 Å². The molecule has 0 aliphatic heterocycles. The average molecular weight is 398 g/mol. The van der Waals surface area contributed by atoms with Crippen molar-refractivity contribution in [1.29, 1.82) is 0 Å². The molecule has 0 fully saturated rings. The Morgan fingerprint density at radius 1 is 1.00 bits per heavy atom. The molecule has 0 heterocycles. The highest BCUT2D eigenvalue weighted by Gasteiger charge is 2.11. The summed E-state index contributed by atoms with van der Waals surface area (Å²) in [5.41, 5.74) is 0.560. The van der Waals surface area contributed by atoms with E-state index in [1.165, 1.54) is 31.7 Å². The predicted octanol–water partition coefficient (Wildman–Crippen LogP) is 3.67. The largest absolute Gasteiger partial charge is 0.492 e. The first-order chi connectivity index (χ1) is 13.5. The lowest BCUT2D eigenvalue weighted by molar-refractivity contribution is -0.140. The third kappa shape index (κ3) is 6.83. The van der Waals surface area contributed by atoms with Gasteiger partial charge in [0.05, 0.1) is 6.54 Å². The van der Waals surface area contributed by atoms with E-state index in [1.807, 2.05) is 36.4 Å². The number of hydrogen-bond acceptors (Lipinski definition) is 8. The van der Waals surface area contributed by atoms with Gasteiger partial charge in [0.25, 0.3) is 0 Å². The highest BCUT2D eigenvalue weighted by molar-refractivity contribution is 7.99. The Morgan fingerprint density at radius 2 is 1.61 bits per heavy atom. The number of hydrogen-bond donors (Lipinski definition) is 0. The highest BCUT2D eigenvalue weighted by Crippen LogP contribution is 2.29. The second-order valence-corrected chi connectivity index (χ2v) is 6.65.